The smallest absolute Gasteiger partial charge is 0.244 e. The number of H-pyrrole nitrogens is 1. The summed E-state index contributed by atoms with van der Waals surface area (Å²) in [6.45, 7) is 5.94. The van der Waals surface area contributed by atoms with E-state index in [9.17, 15) is 4.79 Å². The zero-order chi connectivity index (χ0) is 18.7. The van der Waals surface area contributed by atoms with Gasteiger partial charge in [0.15, 0.2) is 0 Å². The second kappa shape index (κ2) is 7.23. The van der Waals surface area contributed by atoms with Crippen molar-refractivity contribution in [1.82, 2.24) is 25.1 Å². The molecule has 0 radical (unpaired) electrons. The van der Waals surface area contributed by atoms with E-state index in [-0.39, 0.29) is 5.91 Å². The lowest BCUT2D eigenvalue weighted by Crippen LogP contribution is -2.31. The van der Waals surface area contributed by atoms with E-state index in [1.54, 1.807) is 23.0 Å². The van der Waals surface area contributed by atoms with E-state index in [1.807, 2.05) is 39.0 Å². The highest BCUT2D eigenvalue weighted by Gasteiger charge is 2.18. The maximum atomic E-state index is 12.4. The normalized spacial score (nSPS) is 11.8. The fraction of sp³-hybridized carbons (Fsp3) is 0.263. The van der Waals surface area contributed by atoms with Gasteiger partial charge in [-0.25, -0.2) is 4.98 Å². The zero-order valence-corrected chi connectivity index (χ0v) is 14.9. The van der Waals surface area contributed by atoms with Gasteiger partial charge in [-0.05, 0) is 39.0 Å². The van der Waals surface area contributed by atoms with Crippen LogP contribution in [-0.2, 0) is 11.3 Å². The summed E-state index contributed by atoms with van der Waals surface area (Å²) in [6.07, 6.45) is 1.70. The van der Waals surface area contributed by atoms with Crippen molar-refractivity contribution in [2.45, 2.75) is 33.4 Å². The number of carbonyl (C=O) groups is 1. The van der Waals surface area contributed by atoms with Gasteiger partial charge in [0.25, 0.3) is 0 Å². The molecule has 0 aliphatic rings. The Morgan fingerprint density at radius 2 is 2.19 bits per heavy atom. The molecule has 7 nitrogen and oxygen atoms in total. The lowest BCUT2D eigenvalue weighted by Gasteiger charge is -2.13. The molecule has 0 aliphatic heterocycles. The zero-order valence-electron chi connectivity index (χ0n) is 14.9. The number of nitrogens with one attached hydrogen (secondary N) is 2. The van der Waals surface area contributed by atoms with Crippen LogP contribution in [0.5, 0.6) is 0 Å². The Morgan fingerprint density at radius 3 is 2.88 bits per heavy atom. The van der Waals surface area contributed by atoms with E-state index in [2.05, 4.69) is 26.5 Å². The van der Waals surface area contributed by atoms with E-state index >= 15 is 0 Å². The molecule has 3 aromatic rings. The Hall–Kier alpha value is -3.40. The van der Waals surface area contributed by atoms with E-state index < -0.39 is 6.04 Å². The van der Waals surface area contributed by atoms with E-state index in [1.165, 1.54) is 0 Å². The van der Waals surface area contributed by atoms with Gasteiger partial charge in [-0.15, -0.1) is 0 Å². The third kappa shape index (κ3) is 3.64. The lowest BCUT2D eigenvalue weighted by atomic mass is 10.1. The van der Waals surface area contributed by atoms with Crippen molar-refractivity contribution in [1.29, 1.82) is 5.26 Å². The van der Waals surface area contributed by atoms with Crippen LogP contribution in [0.25, 0.3) is 11.3 Å². The monoisotopic (exact) mass is 348 g/mol. The number of nitrogens with zero attached hydrogens (tertiary/aromatic N) is 4. The summed E-state index contributed by atoms with van der Waals surface area (Å²) in [7, 11) is 0. The Morgan fingerprint density at radius 1 is 1.38 bits per heavy atom. The van der Waals surface area contributed by atoms with Crippen LogP contribution in [0.4, 0.5) is 0 Å². The predicted molar refractivity (Wildman–Crippen MR) is 97.0 cm³/mol. The predicted octanol–water partition coefficient (Wildman–Crippen LogP) is 2.64. The summed E-state index contributed by atoms with van der Waals surface area (Å²) in [5, 5.41) is 16.2. The molecule has 0 unspecified atom stereocenters. The van der Waals surface area contributed by atoms with Crippen molar-refractivity contribution in [2.75, 3.05) is 0 Å². The molecule has 2 heterocycles. The first-order valence-corrected chi connectivity index (χ1v) is 8.33. The topological polar surface area (TPSA) is 99.4 Å². The maximum absolute atomic E-state index is 12.4. The quantitative estimate of drug-likeness (QED) is 0.740. The van der Waals surface area contributed by atoms with Crippen LogP contribution < -0.4 is 5.32 Å². The summed E-state index contributed by atoms with van der Waals surface area (Å²) >= 11 is 0. The fourth-order valence-electron chi connectivity index (χ4n) is 2.82. The molecule has 0 spiro atoms. The second-order valence-electron chi connectivity index (χ2n) is 6.20. The molecule has 1 aromatic carbocycles. The summed E-state index contributed by atoms with van der Waals surface area (Å²) in [5.74, 6) is 0.525. The van der Waals surface area contributed by atoms with E-state index in [0.29, 0.717) is 17.9 Å². The first-order valence-electron chi connectivity index (χ1n) is 8.33. The lowest BCUT2D eigenvalue weighted by molar-refractivity contribution is -0.124. The molecule has 0 saturated heterocycles. The van der Waals surface area contributed by atoms with Gasteiger partial charge in [0.1, 0.15) is 11.9 Å². The second-order valence-corrected chi connectivity index (χ2v) is 6.20. The molecule has 7 heteroatoms. The maximum Gasteiger partial charge on any atom is 0.244 e. The van der Waals surface area contributed by atoms with Crippen LogP contribution in [0, 0.1) is 25.2 Å². The Kier molecular flexibility index (Phi) is 4.85. The number of rotatable bonds is 5. The minimum atomic E-state index is -0.398. The molecule has 0 saturated carbocycles. The van der Waals surface area contributed by atoms with Crippen LogP contribution in [0.1, 0.15) is 35.7 Å². The summed E-state index contributed by atoms with van der Waals surface area (Å²) in [5.41, 5.74) is 4.11. The summed E-state index contributed by atoms with van der Waals surface area (Å²) in [6, 6.07) is 10.9. The number of amides is 1. The number of hydrogen-bond donors (Lipinski definition) is 2. The van der Waals surface area contributed by atoms with Gasteiger partial charge in [-0.1, -0.05) is 12.1 Å². The van der Waals surface area contributed by atoms with Crippen molar-refractivity contribution in [3.05, 3.63) is 59.3 Å². The number of aromatic nitrogens is 4. The Labute approximate surface area is 151 Å². The standard InChI is InChI=1S/C19H20N6O/c1-12-7-13(2)25(24-12)14(3)19(26)22-11-18-21-10-17(23-18)16-6-4-5-15(8-16)9-20/h4-8,10,14H,11H2,1-3H3,(H,21,23)(H,22,26)/t14-/m1/s1. The molecule has 132 valence electrons. The van der Waals surface area contributed by atoms with Gasteiger partial charge in [0.2, 0.25) is 5.91 Å². The number of aromatic amines is 1. The van der Waals surface area contributed by atoms with Crippen LogP contribution in [-0.4, -0.2) is 25.7 Å². The van der Waals surface area contributed by atoms with E-state index in [4.69, 9.17) is 5.26 Å². The molecule has 0 fully saturated rings. The number of aryl methyl sites for hydroxylation is 2. The number of benzene rings is 1. The van der Waals surface area contributed by atoms with Gasteiger partial charge < -0.3 is 10.3 Å². The Balaban J connectivity index is 1.65. The summed E-state index contributed by atoms with van der Waals surface area (Å²) < 4.78 is 1.71. The van der Waals surface area contributed by atoms with Crippen molar-refractivity contribution in [3.8, 4) is 17.3 Å². The van der Waals surface area contributed by atoms with Crippen molar-refractivity contribution in [3.63, 3.8) is 0 Å². The number of nitriles is 1. The highest BCUT2D eigenvalue weighted by atomic mass is 16.2. The van der Waals surface area contributed by atoms with Crippen molar-refractivity contribution >= 4 is 5.91 Å². The van der Waals surface area contributed by atoms with Crippen LogP contribution in [0.2, 0.25) is 0 Å². The molecular weight excluding hydrogens is 328 g/mol. The van der Waals surface area contributed by atoms with Crippen LogP contribution >= 0.6 is 0 Å². The molecule has 2 aromatic heterocycles. The number of imidazole rings is 1. The number of carbonyl (C=O) groups excluding carboxylic acids is 1. The molecule has 26 heavy (non-hydrogen) atoms. The Bertz CT molecular complexity index is 978. The molecule has 0 aliphatic carbocycles. The van der Waals surface area contributed by atoms with Gasteiger partial charge in [0, 0.05) is 11.3 Å². The van der Waals surface area contributed by atoms with Crippen molar-refractivity contribution in [2.24, 2.45) is 0 Å². The number of hydrogen-bond acceptors (Lipinski definition) is 4. The average Bonchev–Trinajstić information content (AvgIpc) is 3.25. The van der Waals surface area contributed by atoms with Crippen LogP contribution in [0.3, 0.4) is 0 Å². The van der Waals surface area contributed by atoms with Gasteiger partial charge >= 0.3 is 0 Å². The minimum absolute atomic E-state index is 0.124. The summed E-state index contributed by atoms with van der Waals surface area (Å²) in [4.78, 5) is 19.9. The van der Waals surface area contributed by atoms with Gasteiger partial charge in [-0.2, -0.15) is 10.4 Å². The van der Waals surface area contributed by atoms with E-state index in [0.717, 1.165) is 22.6 Å². The molecular formula is C19H20N6O. The largest absolute Gasteiger partial charge is 0.347 e. The highest BCUT2D eigenvalue weighted by molar-refractivity contribution is 5.79. The van der Waals surface area contributed by atoms with Gasteiger partial charge in [-0.3, -0.25) is 9.48 Å². The third-order valence-electron chi connectivity index (χ3n) is 4.15. The fourth-order valence-corrected chi connectivity index (χ4v) is 2.82. The molecule has 1 amide bonds. The van der Waals surface area contributed by atoms with Gasteiger partial charge in [0.05, 0.1) is 35.8 Å². The molecule has 2 N–H and O–H groups in total. The molecule has 3 rings (SSSR count). The third-order valence-corrected chi connectivity index (χ3v) is 4.15. The molecule has 1 atom stereocenters. The first kappa shape index (κ1) is 17.4. The first-order chi connectivity index (χ1) is 12.5. The highest BCUT2D eigenvalue weighted by Crippen LogP contribution is 2.18. The minimum Gasteiger partial charge on any atom is -0.347 e. The SMILES string of the molecule is Cc1cc(C)n([C@H](C)C(=O)NCc2ncc(-c3cccc(C#N)c3)[nH]2)n1. The van der Waals surface area contributed by atoms with Crippen molar-refractivity contribution < 1.29 is 4.79 Å². The molecule has 0 bridgehead atoms. The van der Waals surface area contributed by atoms with Crippen LogP contribution in [0.15, 0.2) is 36.5 Å². The average molecular weight is 348 g/mol.